The molecule has 0 bridgehead atoms. The number of anilines is 2. The van der Waals surface area contributed by atoms with E-state index in [1.165, 1.54) is 0 Å². The summed E-state index contributed by atoms with van der Waals surface area (Å²) in [6.45, 7) is 9.73. The van der Waals surface area contributed by atoms with Crippen LogP contribution in [0.2, 0.25) is 0 Å². The molecule has 166 valence electrons. The molecule has 1 atom stereocenters. The zero-order valence-electron chi connectivity index (χ0n) is 18.8. The molecule has 7 nitrogen and oxygen atoms in total. The number of para-hydroxylation sites is 1. The fourth-order valence-electron chi connectivity index (χ4n) is 3.53. The van der Waals surface area contributed by atoms with Gasteiger partial charge in [-0.1, -0.05) is 30.3 Å². The van der Waals surface area contributed by atoms with Gasteiger partial charge in [0.05, 0.1) is 12.6 Å². The second-order valence-electron chi connectivity index (χ2n) is 9.11. The van der Waals surface area contributed by atoms with Crippen molar-refractivity contribution < 1.29 is 19.1 Å². The number of benzene rings is 2. The van der Waals surface area contributed by atoms with Crippen LogP contribution in [0.3, 0.4) is 0 Å². The van der Waals surface area contributed by atoms with E-state index in [4.69, 9.17) is 9.47 Å². The van der Waals surface area contributed by atoms with Crippen LogP contribution >= 0.6 is 0 Å². The molecule has 1 fully saturated rings. The van der Waals surface area contributed by atoms with E-state index in [2.05, 4.69) is 10.6 Å². The van der Waals surface area contributed by atoms with Crippen LogP contribution in [-0.4, -0.2) is 41.0 Å². The number of urea groups is 1. The lowest BCUT2D eigenvalue weighted by Gasteiger charge is -2.35. The first kappa shape index (κ1) is 22.6. The van der Waals surface area contributed by atoms with Gasteiger partial charge in [0.15, 0.2) is 0 Å². The topological polar surface area (TPSA) is 79.9 Å². The van der Waals surface area contributed by atoms with Crippen molar-refractivity contribution in [2.45, 2.75) is 58.4 Å². The maximum Gasteiger partial charge on any atom is 0.412 e. The largest absolute Gasteiger partial charge is 0.444 e. The molecule has 0 spiro atoms. The van der Waals surface area contributed by atoms with Crippen LogP contribution in [0.25, 0.3) is 0 Å². The van der Waals surface area contributed by atoms with Crippen molar-refractivity contribution in [1.82, 2.24) is 4.90 Å². The zero-order valence-corrected chi connectivity index (χ0v) is 18.8. The van der Waals surface area contributed by atoms with Gasteiger partial charge in [-0.25, -0.2) is 9.59 Å². The lowest BCUT2D eigenvalue weighted by Crippen LogP contribution is -2.50. The first-order chi connectivity index (χ1) is 14.5. The minimum atomic E-state index is -0.732. The summed E-state index contributed by atoms with van der Waals surface area (Å²) in [6, 6.07) is 16.4. The summed E-state index contributed by atoms with van der Waals surface area (Å²) in [7, 11) is 0. The Kier molecular flexibility index (Phi) is 6.55. The predicted molar refractivity (Wildman–Crippen MR) is 121 cm³/mol. The Hall–Kier alpha value is -3.06. The van der Waals surface area contributed by atoms with Crippen LogP contribution in [0.15, 0.2) is 54.6 Å². The van der Waals surface area contributed by atoms with Gasteiger partial charge in [-0.15, -0.1) is 0 Å². The monoisotopic (exact) mass is 425 g/mol. The molecule has 2 N–H and O–H groups in total. The summed E-state index contributed by atoms with van der Waals surface area (Å²) in [6.07, 6.45) is 0.245. The smallest absolute Gasteiger partial charge is 0.412 e. The van der Waals surface area contributed by atoms with Crippen LogP contribution in [0.5, 0.6) is 0 Å². The minimum absolute atomic E-state index is 0.134. The normalized spacial score (nSPS) is 17.8. The summed E-state index contributed by atoms with van der Waals surface area (Å²) in [5.41, 5.74) is 1.14. The summed E-state index contributed by atoms with van der Waals surface area (Å²) < 4.78 is 11.5. The molecule has 0 aromatic heterocycles. The van der Waals surface area contributed by atoms with Gasteiger partial charge in [-0.2, -0.15) is 0 Å². The quantitative estimate of drug-likeness (QED) is 0.702. The lowest BCUT2D eigenvalue weighted by atomic mass is 10.0. The van der Waals surface area contributed by atoms with E-state index >= 15 is 0 Å². The molecule has 2 aromatic rings. The fourth-order valence-corrected chi connectivity index (χ4v) is 3.53. The number of carbonyl (C=O) groups excluding carboxylic acids is 2. The van der Waals surface area contributed by atoms with E-state index in [9.17, 15) is 9.59 Å². The van der Waals surface area contributed by atoms with Gasteiger partial charge in [0.25, 0.3) is 0 Å². The zero-order chi connectivity index (χ0) is 22.6. The number of ether oxygens (including phenoxy) is 2. The van der Waals surface area contributed by atoms with E-state index in [0.29, 0.717) is 18.7 Å². The van der Waals surface area contributed by atoms with E-state index in [1.54, 1.807) is 4.90 Å². The van der Waals surface area contributed by atoms with Gasteiger partial charge in [-0.05, 0) is 70.9 Å². The highest BCUT2D eigenvalue weighted by Gasteiger charge is 2.45. The van der Waals surface area contributed by atoms with Crippen LogP contribution in [0.1, 0.15) is 40.2 Å². The summed E-state index contributed by atoms with van der Waals surface area (Å²) in [5.74, 6) is 0. The van der Waals surface area contributed by atoms with Crippen LogP contribution in [0, 0.1) is 0 Å². The molecule has 0 aliphatic carbocycles. The number of rotatable bonds is 4. The average Bonchev–Trinajstić information content (AvgIpc) is 2.97. The SMILES string of the molecule is CC(C)(C)OC(=O)N1[C@@H](Cc2ccc(NC(=O)Nc3ccccc3)cc2)COC1(C)C. The number of hydrogen-bond acceptors (Lipinski definition) is 4. The Labute approximate surface area is 183 Å². The molecule has 0 radical (unpaired) electrons. The molecule has 1 saturated heterocycles. The highest BCUT2D eigenvalue weighted by Crippen LogP contribution is 2.31. The van der Waals surface area contributed by atoms with E-state index in [1.807, 2.05) is 89.2 Å². The van der Waals surface area contributed by atoms with Crippen LogP contribution in [-0.2, 0) is 15.9 Å². The summed E-state index contributed by atoms with van der Waals surface area (Å²) in [4.78, 5) is 26.6. The maximum atomic E-state index is 12.8. The number of nitrogens with one attached hydrogen (secondary N) is 2. The first-order valence-corrected chi connectivity index (χ1v) is 10.4. The molecule has 0 saturated carbocycles. The van der Waals surface area contributed by atoms with E-state index < -0.39 is 11.3 Å². The fraction of sp³-hybridized carbons (Fsp3) is 0.417. The lowest BCUT2D eigenvalue weighted by molar-refractivity contribution is -0.0624. The van der Waals surface area contributed by atoms with Crippen LogP contribution in [0.4, 0.5) is 21.0 Å². The van der Waals surface area contributed by atoms with Crippen molar-refractivity contribution in [2.75, 3.05) is 17.2 Å². The number of hydrogen-bond donors (Lipinski definition) is 2. The van der Waals surface area contributed by atoms with Gasteiger partial charge in [-0.3, -0.25) is 4.90 Å². The van der Waals surface area contributed by atoms with E-state index in [0.717, 1.165) is 11.3 Å². The number of nitrogens with zero attached hydrogens (tertiary/aromatic N) is 1. The Morgan fingerprint density at radius 2 is 1.61 bits per heavy atom. The minimum Gasteiger partial charge on any atom is -0.444 e. The van der Waals surface area contributed by atoms with Crippen molar-refractivity contribution in [1.29, 1.82) is 0 Å². The molecule has 1 aliphatic rings. The molecular formula is C24H31N3O4. The Morgan fingerprint density at radius 1 is 1.03 bits per heavy atom. The van der Waals surface area contributed by atoms with Crippen molar-refractivity contribution >= 4 is 23.5 Å². The Balaban J connectivity index is 1.61. The second kappa shape index (κ2) is 8.98. The van der Waals surface area contributed by atoms with Gasteiger partial charge in [0.2, 0.25) is 0 Å². The standard InChI is InChI=1S/C24H31N3O4/c1-23(2,3)31-22(29)27-20(16-30-24(27,4)5)15-17-11-13-19(14-12-17)26-21(28)25-18-9-7-6-8-10-18/h6-14,20H,15-16H2,1-5H3,(H2,25,26,28)/t20-/m0/s1. The highest BCUT2D eigenvalue weighted by molar-refractivity contribution is 5.99. The maximum absolute atomic E-state index is 12.8. The van der Waals surface area contributed by atoms with Gasteiger partial charge >= 0.3 is 12.1 Å². The average molecular weight is 426 g/mol. The Bertz CT molecular complexity index is 905. The van der Waals surface area contributed by atoms with Crippen molar-refractivity contribution in [3.63, 3.8) is 0 Å². The van der Waals surface area contributed by atoms with Crippen LogP contribution < -0.4 is 10.6 Å². The van der Waals surface area contributed by atoms with Gasteiger partial charge in [0, 0.05) is 11.4 Å². The molecule has 3 amide bonds. The molecular weight excluding hydrogens is 394 g/mol. The summed E-state index contributed by atoms with van der Waals surface area (Å²) >= 11 is 0. The number of amides is 3. The third-order valence-corrected chi connectivity index (χ3v) is 4.88. The number of carbonyl (C=O) groups is 2. The molecule has 31 heavy (non-hydrogen) atoms. The van der Waals surface area contributed by atoms with E-state index in [-0.39, 0.29) is 18.2 Å². The van der Waals surface area contributed by atoms with Crippen molar-refractivity contribution in [3.8, 4) is 0 Å². The highest BCUT2D eigenvalue weighted by atomic mass is 16.6. The van der Waals surface area contributed by atoms with Crippen molar-refractivity contribution in [2.24, 2.45) is 0 Å². The molecule has 1 aliphatic heterocycles. The van der Waals surface area contributed by atoms with Gasteiger partial charge in [0.1, 0.15) is 11.3 Å². The third-order valence-electron chi connectivity index (χ3n) is 4.88. The molecule has 2 aromatic carbocycles. The molecule has 3 rings (SSSR count). The van der Waals surface area contributed by atoms with Crippen molar-refractivity contribution in [3.05, 3.63) is 60.2 Å². The third kappa shape index (κ3) is 6.21. The Morgan fingerprint density at radius 3 is 2.19 bits per heavy atom. The van der Waals surface area contributed by atoms with Gasteiger partial charge < -0.3 is 20.1 Å². The summed E-state index contributed by atoms with van der Waals surface area (Å²) in [5, 5.41) is 5.60. The molecule has 1 heterocycles. The first-order valence-electron chi connectivity index (χ1n) is 10.4. The second-order valence-corrected chi connectivity index (χ2v) is 9.11. The molecule has 0 unspecified atom stereocenters. The predicted octanol–water partition coefficient (Wildman–Crippen LogP) is 5.25. The molecule has 7 heteroatoms.